The van der Waals surface area contributed by atoms with Crippen molar-refractivity contribution in [1.82, 2.24) is 0 Å². The number of hydrogen-bond acceptors (Lipinski definition) is 1. The largest absolute Gasteiger partial charge is 0.456 e. The van der Waals surface area contributed by atoms with E-state index in [1.54, 1.807) is 24.6 Å². The minimum absolute atomic E-state index is 0.137. The van der Waals surface area contributed by atoms with E-state index in [0.717, 1.165) is 21.9 Å². The van der Waals surface area contributed by atoms with E-state index < -0.39 is 12.7 Å². The maximum absolute atomic E-state index is 9.15. The monoisotopic (exact) mass is 437 g/mol. The van der Waals surface area contributed by atoms with Crippen LogP contribution in [0.25, 0.3) is 49.2 Å². The van der Waals surface area contributed by atoms with Crippen molar-refractivity contribution in [3.63, 3.8) is 0 Å². The predicted molar refractivity (Wildman–Crippen MR) is 136 cm³/mol. The molecule has 1 unspecified atom stereocenters. The van der Waals surface area contributed by atoms with Crippen molar-refractivity contribution in [1.29, 1.82) is 0 Å². The molecule has 0 saturated carbocycles. The summed E-state index contributed by atoms with van der Waals surface area (Å²) in [6, 6.07) is 16.8. The van der Waals surface area contributed by atoms with Crippen molar-refractivity contribution < 1.29 is 17.2 Å². The van der Waals surface area contributed by atoms with Crippen LogP contribution in [-0.2, 0) is 7.05 Å². The molecule has 5 aromatic rings. The molecule has 0 aliphatic heterocycles. The van der Waals surface area contributed by atoms with Gasteiger partial charge in [0.05, 0.1) is 14.9 Å². The average Bonchev–Trinajstić information content (AvgIpc) is 3.26. The first kappa shape index (κ1) is 15.0. The summed E-state index contributed by atoms with van der Waals surface area (Å²) in [7, 11) is 1.73. The van der Waals surface area contributed by atoms with Gasteiger partial charge in [0.1, 0.15) is 18.2 Å². The third kappa shape index (κ3) is 3.31. The first-order valence-electron chi connectivity index (χ1n) is 13.7. The van der Waals surface area contributed by atoms with Gasteiger partial charge in [0.25, 0.3) is 0 Å². The number of nitrogens with zero attached hydrogens (tertiary/aromatic N) is 2. The summed E-state index contributed by atoms with van der Waals surface area (Å²) in [6.45, 7) is 9.83. The Balaban J connectivity index is 1.94. The smallest absolute Gasteiger partial charge is 0.216 e. The predicted octanol–water partition coefficient (Wildman–Crippen LogP) is 8.04. The second-order valence-electron chi connectivity index (χ2n) is 8.29. The molecule has 33 heavy (non-hydrogen) atoms. The van der Waals surface area contributed by atoms with Gasteiger partial charge in [0.2, 0.25) is 5.69 Å². The van der Waals surface area contributed by atoms with Gasteiger partial charge in [-0.05, 0) is 29.5 Å². The second kappa shape index (κ2) is 7.90. The Kier molecular flexibility index (Phi) is 3.60. The van der Waals surface area contributed by atoms with Gasteiger partial charge in [0.15, 0.2) is 11.4 Å². The molecule has 0 aliphatic rings. The van der Waals surface area contributed by atoms with E-state index in [1.165, 1.54) is 6.92 Å². The number of benzene rings is 3. The molecule has 3 aromatic carbocycles. The molecule has 2 aromatic heterocycles. The van der Waals surface area contributed by atoms with Crippen molar-refractivity contribution in [2.24, 2.45) is 7.05 Å². The minimum atomic E-state index is -2.75. The third-order valence-electron chi connectivity index (χ3n) is 6.18. The molecule has 0 spiro atoms. The molecule has 0 saturated heterocycles. The van der Waals surface area contributed by atoms with Crippen molar-refractivity contribution >= 4 is 27.6 Å². The summed E-state index contributed by atoms with van der Waals surface area (Å²) >= 11 is 0. The first-order valence-corrected chi connectivity index (χ1v) is 10.7. The number of rotatable bonds is 3. The topological polar surface area (TPSA) is 21.4 Å². The lowest BCUT2D eigenvalue weighted by Crippen LogP contribution is -2.35. The summed E-state index contributed by atoms with van der Waals surface area (Å²) in [5.74, 6) is -2.17. The van der Waals surface area contributed by atoms with Crippen LogP contribution in [0.5, 0.6) is 0 Å². The average molecular weight is 438 g/mol. The zero-order chi connectivity index (χ0) is 28.4. The number of fused-ring (bicyclic) bond motifs is 3. The van der Waals surface area contributed by atoms with E-state index >= 15 is 0 Å². The molecule has 5 rings (SSSR count). The van der Waals surface area contributed by atoms with Gasteiger partial charge < -0.3 is 4.42 Å². The van der Waals surface area contributed by atoms with Gasteiger partial charge >= 0.3 is 0 Å². The fraction of sp³-hybridized carbons (Fsp3) is 0.200. The molecule has 3 heteroatoms. The third-order valence-corrected chi connectivity index (χ3v) is 6.18. The van der Waals surface area contributed by atoms with Crippen molar-refractivity contribution in [2.45, 2.75) is 33.5 Å². The number of furan rings is 1. The highest BCUT2D eigenvalue weighted by atomic mass is 16.3. The van der Waals surface area contributed by atoms with Crippen molar-refractivity contribution in [3.05, 3.63) is 94.9 Å². The van der Waals surface area contributed by atoms with E-state index in [2.05, 4.69) is 4.85 Å². The summed E-state index contributed by atoms with van der Waals surface area (Å²) in [6.07, 6.45) is 0. The quantitative estimate of drug-likeness (QED) is 0.207. The number of pyridine rings is 1. The van der Waals surface area contributed by atoms with Crippen LogP contribution in [0.1, 0.15) is 44.7 Å². The normalized spacial score (nSPS) is 16.2. The summed E-state index contributed by atoms with van der Waals surface area (Å²) in [5.41, 5.74) is 5.06. The van der Waals surface area contributed by atoms with Gasteiger partial charge in [-0.2, -0.15) is 4.57 Å². The van der Waals surface area contributed by atoms with Crippen LogP contribution < -0.4 is 4.57 Å². The van der Waals surface area contributed by atoms with Gasteiger partial charge in [0, 0.05) is 40.8 Å². The van der Waals surface area contributed by atoms with Gasteiger partial charge in [-0.1, -0.05) is 68.4 Å². The standard InChI is InChI=1S/C30H27N2O/c1-18(2)22-16-20(4)32(6)26(17-22)27-19(3)12-13-23-24-14-15-25(31-5)28(30(24)33-29(23)27)21-10-8-7-9-11-21/h7-18H,1-4,6H3/q+1/i1D3,16D,17D,18D. The van der Waals surface area contributed by atoms with Gasteiger partial charge in [-0.15, -0.1) is 0 Å². The molecule has 1 atom stereocenters. The van der Waals surface area contributed by atoms with Crippen LogP contribution >= 0.6 is 0 Å². The number of aryl methyl sites for hydroxylation is 1. The van der Waals surface area contributed by atoms with E-state index in [-0.39, 0.29) is 17.6 Å². The lowest BCUT2D eigenvalue weighted by atomic mass is 9.95. The van der Waals surface area contributed by atoms with E-state index in [1.807, 2.05) is 55.5 Å². The molecule has 0 N–H and O–H groups in total. The molecule has 162 valence electrons. The zero-order valence-corrected chi connectivity index (χ0v) is 19.0. The molecule has 2 heterocycles. The minimum Gasteiger partial charge on any atom is -0.456 e. The van der Waals surface area contributed by atoms with E-state index in [9.17, 15) is 0 Å². The SMILES string of the molecule is [2H]c1c(C([2H])(C)C([2H])([2H])[2H])c([2H])c(-c2c(C)ccc3c2oc2c(-c4ccccc4)c([N+]#[C-])ccc23)[n+](C)c1C. The Morgan fingerprint density at radius 1 is 1.00 bits per heavy atom. The Hall–Kier alpha value is -3.90. The molecule has 0 aliphatic carbocycles. The summed E-state index contributed by atoms with van der Waals surface area (Å²) in [5, 5.41) is 1.60. The van der Waals surface area contributed by atoms with E-state index in [4.69, 9.17) is 19.2 Å². The highest BCUT2D eigenvalue weighted by Gasteiger charge is 2.24. The van der Waals surface area contributed by atoms with Crippen LogP contribution in [0.15, 0.2) is 71.1 Å². The lowest BCUT2D eigenvalue weighted by Gasteiger charge is -2.11. The Morgan fingerprint density at radius 2 is 1.70 bits per heavy atom. The Bertz CT molecular complexity index is 1830. The fourth-order valence-electron chi connectivity index (χ4n) is 4.35. The number of hydrogen-bond donors (Lipinski definition) is 0. The summed E-state index contributed by atoms with van der Waals surface area (Å²) in [4.78, 5) is 3.74. The van der Waals surface area contributed by atoms with Crippen LogP contribution in [-0.4, -0.2) is 0 Å². The highest BCUT2D eigenvalue weighted by Crippen LogP contribution is 2.44. The highest BCUT2D eigenvalue weighted by molar-refractivity contribution is 6.15. The lowest BCUT2D eigenvalue weighted by molar-refractivity contribution is -0.666. The maximum Gasteiger partial charge on any atom is 0.216 e. The number of aromatic nitrogens is 1. The maximum atomic E-state index is 9.15. The fourth-order valence-corrected chi connectivity index (χ4v) is 4.35. The van der Waals surface area contributed by atoms with Crippen LogP contribution in [0.3, 0.4) is 0 Å². The summed E-state index contributed by atoms with van der Waals surface area (Å²) < 4.78 is 58.8. The zero-order valence-electron chi connectivity index (χ0n) is 25.0. The molecule has 0 bridgehead atoms. The Morgan fingerprint density at radius 3 is 2.39 bits per heavy atom. The van der Waals surface area contributed by atoms with Gasteiger partial charge in [-0.3, -0.25) is 0 Å². The van der Waals surface area contributed by atoms with Crippen LogP contribution in [0, 0.1) is 20.4 Å². The molecule has 0 fully saturated rings. The molecule has 0 amide bonds. The molecule has 3 nitrogen and oxygen atoms in total. The second-order valence-corrected chi connectivity index (χ2v) is 8.29. The van der Waals surface area contributed by atoms with Crippen LogP contribution in [0.2, 0.25) is 0 Å². The first-order chi connectivity index (χ1) is 18.3. The molecular formula is C30H27N2O+. The molecule has 0 radical (unpaired) electrons. The van der Waals surface area contributed by atoms with Crippen molar-refractivity contribution in [3.8, 4) is 22.4 Å². The van der Waals surface area contributed by atoms with Crippen LogP contribution in [0.4, 0.5) is 5.69 Å². The van der Waals surface area contributed by atoms with Crippen molar-refractivity contribution in [2.75, 3.05) is 0 Å². The molecular weight excluding hydrogens is 404 g/mol. The Labute approximate surface area is 203 Å². The van der Waals surface area contributed by atoms with E-state index in [0.29, 0.717) is 39.4 Å². The van der Waals surface area contributed by atoms with Gasteiger partial charge in [-0.25, -0.2) is 4.85 Å².